The summed E-state index contributed by atoms with van der Waals surface area (Å²) in [5, 5.41) is 9.15. The van der Waals surface area contributed by atoms with E-state index in [-0.39, 0.29) is 67.8 Å². The molecule has 1 fully saturated rings. The number of rotatable bonds is 6. The van der Waals surface area contributed by atoms with E-state index in [9.17, 15) is 27.6 Å². The highest BCUT2D eigenvalue weighted by atomic mass is 32.1. The van der Waals surface area contributed by atoms with Crippen LogP contribution in [-0.2, 0) is 11.0 Å². The Morgan fingerprint density at radius 1 is 1.30 bits per heavy atom. The zero-order valence-corrected chi connectivity index (χ0v) is 24.5. The number of alkyl halides is 3. The molecule has 0 radical (unpaired) electrons. The summed E-state index contributed by atoms with van der Waals surface area (Å²) in [6.45, 7) is 6.41. The minimum absolute atomic E-state index is 0.0193. The Balaban J connectivity index is 1.80. The fraction of sp³-hybridized carbons (Fsp3) is 0.379. The Kier molecular flexibility index (Phi) is 7.81. The molecule has 1 aliphatic heterocycles. The van der Waals surface area contributed by atoms with E-state index in [0.717, 1.165) is 18.2 Å². The number of likely N-dealkylation sites (tertiary alicyclic amines) is 1. The van der Waals surface area contributed by atoms with E-state index in [1.165, 1.54) is 7.11 Å². The third-order valence-electron chi connectivity index (χ3n) is 7.60. The van der Waals surface area contributed by atoms with Crippen LogP contribution in [0.2, 0.25) is 0 Å². The maximum absolute atomic E-state index is 16.6. The number of hydrogen-bond donors (Lipinski definition) is 1. The molecule has 1 atom stereocenters. The van der Waals surface area contributed by atoms with Gasteiger partial charge < -0.3 is 20.3 Å². The van der Waals surface area contributed by atoms with E-state index in [0.29, 0.717) is 30.8 Å². The van der Waals surface area contributed by atoms with Crippen molar-refractivity contribution in [2.45, 2.75) is 39.4 Å². The summed E-state index contributed by atoms with van der Waals surface area (Å²) in [6, 6.07) is 3.90. The Morgan fingerprint density at radius 2 is 2.02 bits per heavy atom. The second-order valence-corrected chi connectivity index (χ2v) is 11.5. The van der Waals surface area contributed by atoms with Crippen molar-refractivity contribution in [3.05, 3.63) is 41.0 Å². The molecule has 4 aromatic rings. The average Bonchev–Trinajstić information content (AvgIpc) is 3.58. The molecular weight excluding hydrogens is 591 g/mol. The second kappa shape index (κ2) is 11.1. The highest BCUT2D eigenvalue weighted by molar-refractivity contribution is 7.23. The van der Waals surface area contributed by atoms with Crippen molar-refractivity contribution in [3.8, 4) is 23.2 Å². The van der Waals surface area contributed by atoms with Crippen LogP contribution in [0.1, 0.15) is 38.3 Å². The van der Waals surface area contributed by atoms with Gasteiger partial charge in [0.25, 0.3) is 0 Å². The van der Waals surface area contributed by atoms with Crippen molar-refractivity contribution >= 4 is 49.1 Å². The number of carbonyl (C=O) groups is 1. The number of thiophene rings is 1. The molecule has 8 nitrogen and oxygen atoms in total. The van der Waals surface area contributed by atoms with E-state index < -0.39 is 34.5 Å². The summed E-state index contributed by atoms with van der Waals surface area (Å²) in [4.78, 5) is 24.5. The largest absolute Gasteiger partial charge is 0.467 e. The Hall–Kier alpha value is -4.25. The highest BCUT2D eigenvalue weighted by Gasteiger charge is 2.39. The van der Waals surface area contributed by atoms with Crippen LogP contribution in [0.5, 0.6) is 6.01 Å². The average molecular weight is 619 g/mol. The number of ether oxygens (including phenoxy) is 1. The first kappa shape index (κ1) is 30.2. The number of anilines is 2. The van der Waals surface area contributed by atoms with E-state index in [1.807, 2.05) is 0 Å². The quantitative estimate of drug-likeness (QED) is 0.251. The van der Waals surface area contributed by atoms with Crippen molar-refractivity contribution in [1.29, 1.82) is 5.26 Å². The van der Waals surface area contributed by atoms with Crippen molar-refractivity contribution < 1.29 is 31.5 Å². The Morgan fingerprint density at radius 3 is 2.63 bits per heavy atom. The van der Waals surface area contributed by atoms with Gasteiger partial charge in [-0.25, -0.2) is 8.78 Å². The minimum atomic E-state index is -5.07. The van der Waals surface area contributed by atoms with Gasteiger partial charge in [-0.2, -0.15) is 28.4 Å². The lowest BCUT2D eigenvalue weighted by molar-refractivity contribution is -0.137. The SMILES string of the molecule is CCN(c1nc(OC)nc2c(F)c(-c3ccc(F)c4sc(N)c(C#N)c34)c(C(F)(F)F)cc12)[C@H]1CCN(C(=O)C(C)C)C1. The van der Waals surface area contributed by atoms with Crippen LogP contribution in [-0.4, -0.2) is 53.6 Å². The van der Waals surface area contributed by atoms with Gasteiger partial charge in [0.1, 0.15) is 28.2 Å². The summed E-state index contributed by atoms with van der Waals surface area (Å²) in [5.74, 6) is -2.40. The molecule has 2 aromatic heterocycles. The molecule has 226 valence electrons. The second-order valence-electron chi connectivity index (χ2n) is 10.5. The number of halogens is 5. The lowest BCUT2D eigenvalue weighted by Gasteiger charge is -2.30. The number of carbonyl (C=O) groups excluding carboxylic acids is 1. The maximum Gasteiger partial charge on any atom is 0.417 e. The highest BCUT2D eigenvalue weighted by Crippen LogP contribution is 2.48. The standard InChI is InChI=1S/C29H27F5N6O2S/c1-5-40(14-8-9-39(12-14)27(41)13(2)3)26-16-10-18(29(32,33)34)21(22(31)23(16)37-28(38-26)42-4)15-6-7-19(30)24-20(15)17(11-35)25(36)43-24/h6-7,10,13-14H,5,8-9,12,36H2,1-4H3/t14-/m0/s1. The van der Waals surface area contributed by atoms with Crippen molar-refractivity contribution in [1.82, 2.24) is 14.9 Å². The van der Waals surface area contributed by atoms with Gasteiger partial charge in [-0.15, -0.1) is 11.3 Å². The van der Waals surface area contributed by atoms with Crippen molar-refractivity contribution in [2.75, 3.05) is 37.4 Å². The Bertz CT molecular complexity index is 1800. The maximum atomic E-state index is 16.6. The lowest BCUT2D eigenvalue weighted by Crippen LogP contribution is -2.40. The Labute approximate surface area is 247 Å². The molecule has 1 aliphatic rings. The number of nitrogens with zero attached hydrogens (tertiary/aromatic N) is 5. The first-order valence-electron chi connectivity index (χ1n) is 13.4. The summed E-state index contributed by atoms with van der Waals surface area (Å²) in [5.41, 5.74) is 2.59. The topological polar surface area (TPSA) is 108 Å². The van der Waals surface area contributed by atoms with Crippen LogP contribution < -0.4 is 15.4 Å². The summed E-state index contributed by atoms with van der Waals surface area (Å²) in [6.07, 6.45) is -4.54. The zero-order chi connectivity index (χ0) is 31.4. The molecule has 2 N–H and O–H groups in total. The van der Waals surface area contributed by atoms with Crippen LogP contribution in [0.4, 0.5) is 32.8 Å². The smallest absolute Gasteiger partial charge is 0.417 e. The van der Waals surface area contributed by atoms with E-state index in [4.69, 9.17) is 10.5 Å². The van der Waals surface area contributed by atoms with Gasteiger partial charge >= 0.3 is 12.2 Å². The van der Waals surface area contributed by atoms with E-state index >= 15 is 4.39 Å². The number of likely N-dealkylation sites (N-methyl/N-ethyl adjacent to an activating group) is 1. The molecule has 0 aliphatic carbocycles. The number of methoxy groups -OCH3 is 1. The number of nitriles is 1. The van der Waals surface area contributed by atoms with Crippen LogP contribution in [0, 0.1) is 28.9 Å². The van der Waals surface area contributed by atoms with Crippen LogP contribution in [0.25, 0.3) is 32.1 Å². The first-order valence-corrected chi connectivity index (χ1v) is 14.3. The summed E-state index contributed by atoms with van der Waals surface area (Å²) >= 11 is 0.691. The van der Waals surface area contributed by atoms with Crippen LogP contribution >= 0.6 is 11.3 Å². The number of benzene rings is 2. The van der Waals surface area contributed by atoms with Gasteiger partial charge in [0.05, 0.1) is 22.9 Å². The third-order valence-corrected chi connectivity index (χ3v) is 8.63. The predicted molar refractivity (Wildman–Crippen MR) is 154 cm³/mol. The summed E-state index contributed by atoms with van der Waals surface area (Å²) in [7, 11) is 1.25. The van der Waals surface area contributed by atoms with Crippen LogP contribution in [0.3, 0.4) is 0 Å². The molecule has 3 heterocycles. The van der Waals surface area contributed by atoms with Crippen LogP contribution in [0.15, 0.2) is 18.2 Å². The molecule has 1 amide bonds. The van der Waals surface area contributed by atoms with E-state index in [1.54, 1.807) is 36.6 Å². The number of hydrogen-bond acceptors (Lipinski definition) is 8. The van der Waals surface area contributed by atoms with Crippen molar-refractivity contribution in [3.63, 3.8) is 0 Å². The first-order chi connectivity index (χ1) is 20.3. The number of nitrogens with two attached hydrogens (primary N) is 1. The normalized spacial score (nSPS) is 15.5. The zero-order valence-electron chi connectivity index (χ0n) is 23.6. The summed E-state index contributed by atoms with van der Waals surface area (Å²) < 4.78 is 80.6. The number of fused-ring (bicyclic) bond motifs is 2. The molecule has 2 aromatic carbocycles. The van der Waals surface area contributed by atoms with Gasteiger partial charge in [0.15, 0.2) is 5.82 Å². The van der Waals surface area contributed by atoms with Gasteiger partial charge in [0.2, 0.25) is 5.91 Å². The van der Waals surface area contributed by atoms with Crippen molar-refractivity contribution in [2.24, 2.45) is 5.92 Å². The molecule has 0 bridgehead atoms. The molecule has 0 unspecified atom stereocenters. The molecule has 1 saturated heterocycles. The minimum Gasteiger partial charge on any atom is -0.467 e. The fourth-order valence-corrected chi connectivity index (χ4v) is 6.59. The molecule has 14 heteroatoms. The van der Waals surface area contributed by atoms with Gasteiger partial charge in [-0.1, -0.05) is 19.9 Å². The molecule has 43 heavy (non-hydrogen) atoms. The van der Waals surface area contributed by atoms with Gasteiger partial charge in [-0.05, 0) is 31.0 Å². The van der Waals surface area contributed by atoms with E-state index in [2.05, 4.69) is 9.97 Å². The van der Waals surface area contributed by atoms with Gasteiger partial charge in [-0.3, -0.25) is 4.79 Å². The lowest BCUT2D eigenvalue weighted by atomic mass is 9.92. The fourth-order valence-electron chi connectivity index (χ4n) is 5.64. The molecule has 0 saturated carbocycles. The molecule has 5 rings (SSSR count). The molecule has 0 spiro atoms. The predicted octanol–water partition coefficient (Wildman–Crippen LogP) is 6.35. The number of nitrogen functional groups attached to an aromatic ring is 1. The number of aromatic nitrogens is 2. The molecular formula is C29H27F5N6O2S. The monoisotopic (exact) mass is 618 g/mol. The van der Waals surface area contributed by atoms with Gasteiger partial charge in [0, 0.05) is 47.9 Å². The third kappa shape index (κ3) is 5.05. The number of amides is 1.